The largest absolute Gasteiger partial charge is 0.338 e. The predicted octanol–water partition coefficient (Wildman–Crippen LogP) is 2.74. The summed E-state index contributed by atoms with van der Waals surface area (Å²) in [6.45, 7) is 6.90. The molecule has 2 amide bonds. The number of hydrogen-bond acceptors (Lipinski definition) is 2. The Bertz CT molecular complexity index is 373. The SMILES string of the molecule is CNC(C)c1ccc(NC(=O)NCC(C)C)cc1. The minimum absolute atomic E-state index is 0.155. The highest BCUT2D eigenvalue weighted by Crippen LogP contribution is 2.15. The van der Waals surface area contributed by atoms with Crippen LogP contribution < -0.4 is 16.0 Å². The van der Waals surface area contributed by atoms with E-state index in [0.717, 1.165) is 5.69 Å². The van der Waals surface area contributed by atoms with Crippen molar-refractivity contribution in [2.24, 2.45) is 5.92 Å². The normalized spacial score (nSPS) is 12.3. The highest BCUT2D eigenvalue weighted by molar-refractivity contribution is 5.89. The number of benzene rings is 1. The number of anilines is 1. The second-order valence-electron chi connectivity index (χ2n) is 4.86. The lowest BCUT2D eigenvalue weighted by molar-refractivity contribution is 0.251. The fourth-order valence-corrected chi connectivity index (χ4v) is 1.49. The highest BCUT2D eigenvalue weighted by Gasteiger charge is 2.04. The van der Waals surface area contributed by atoms with Crippen LogP contribution in [0.2, 0.25) is 0 Å². The minimum Gasteiger partial charge on any atom is -0.338 e. The summed E-state index contributed by atoms with van der Waals surface area (Å²) in [5.74, 6) is 0.453. The maximum atomic E-state index is 11.6. The van der Waals surface area contributed by atoms with E-state index in [9.17, 15) is 4.79 Å². The molecule has 0 aliphatic carbocycles. The number of nitrogens with one attached hydrogen (secondary N) is 3. The number of carbonyl (C=O) groups excluding carboxylic acids is 1. The molecule has 3 N–H and O–H groups in total. The maximum absolute atomic E-state index is 11.6. The molecule has 1 unspecified atom stereocenters. The van der Waals surface area contributed by atoms with Crippen molar-refractivity contribution in [1.29, 1.82) is 0 Å². The molecule has 0 saturated heterocycles. The summed E-state index contributed by atoms with van der Waals surface area (Å²) >= 11 is 0. The molecule has 0 bridgehead atoms. The second-order valence-corrected chi connectivity index (χ2v) is 4.86. The number of hydrogen-bond donors (Lipinski definition) is 3. The Labute approximate surface area is 109 Å². The van der Waals surface area contributed by atoms with Gasteiger partial charge in [-0.05, 0) is 37.6 Å². The summed E-state index contributed by atoms with van der Waals surface area (Å²) in [5.41, 5.74) is 2.01. The maximum Gasteiger partial charge on any atom is 0.319 e. The van der Waals surface area contributed by atoms with E-state index in [0.29, 0.717) is 18.5 Å². The first kappa shape index (κ1) is 14.5. The molecule has 1 aromatic carbocycles. The predicted molar refractivity (Wildman–Crippen MR) is 75.8 cm³/mol. The van der Waals surface area contributed by atoms with Gasteiger partial charge in [0.1, 0.15) is 0 Å². The molecule has 100 valence electrons. The van der Waals surface area contributed by atoms with E-state index in [1.807, 2.05) is 31.3 Å². The molecule has 1 atom stereocenters. The summed E-state index contributed by atoms with van der Waals surface area (Å²) in [6, 6.07) is 8.02. The Morgan fingerprint density at radius 3 is 2.28 bits per heavy atom. The van der Waals surface area contributed by atoms with Gasteiger partial charge in [0.2, 0.25) is 0 Å². The van der Waals surface area contributed by atoms with E-state index < -0.39 is 0 Å². The van der Waals surface area contributed by atoms with E-state index in [4.69, 9.17) is 0 Å². The summed E-state index contributed by atoms with van der Waals surface area (Å²) in [5, 5.41) is 8.80. The van der Waals surface area contributed by atoms with Crippen LogP contribution in [-0.2, 0) is 0 Å². The highest BCUT2D eigenvalue weighted by atomic mass is 16.2. The van der Waals surface area contributed by atoms with Gasteiger partial charge >= 0.3 is 6.03 Å². The Balaban J connectivity index is 2.50. The lowest BCUT2D eigenvalue weighted by Gasteiger charge is -2.12. The number of rotatable bonds is 5. The molecule has 0 fully saturated rings. The molecule has 0 heterocycles. The topological polar surface area (TPSA) is 53.2 Å². The van der Waals surface area contributed by atoms with Gasteiger partial charge in [0.05, 0.1) is 0 Å². The zero-order valence-electron chi connectivity index (χ0n) is 11.6. The molecule has 18 heavy (non-hydrogen) atoms. The van der Waals surface area contributed by atoms with Crippen LogP contribution in [-0.4, -0.2) is 19.6 Å². The molecule has 0 spiro atoms. The van der Waals surface area contributed by atoms with Gasteiger partial charge in [-0.15, -0.1) is 0 Å². The van der Waals surface area contributed by atoms with Crippen LogP contribution in [0.5, 0.6) is 0 Å². The first-order chi connectivity index (χ1) is 8.52. The first-order valence-electron chi connectivity index (χ1n) is 6.35. The van der Waals surface area contributed by atoms with Gasteiger partial charge in [-0.1, -0.05) is 26.0 Å². The van der Waals surface area contributed by atoms with Crippen LogP contribution in [0.25, 0.3) is 0 Å². The van der Waals surface area contributed by atoms with Crippen molar-refractivity contribution in [1.82, 2.24) is 10.6 Å². The standard InChI is InChI=1S/C14H23N3O/c1-10(2)9-16-14(18)17-13-7-5-12(6-8-13)11(3)15-4/h5-8,10-11,15H,9H2,1-4H3,(H2,16,17,18). The zero-order chi connectivity index (χ0) is 13.5. The number of urea groups is 1. The van der Waals surface area contributed by atoms with Crippen LogP contribution in [0.4, 0.5) is 10.5 Å². The molecule has 1 aromatic rings. The van der Waals surface area contributed by atoms with E-state index in [2.05, 4.69) is 36.7 Å². The molecular weight excluding hydrogens is 226 g/mol. The van der Waals surface area contributed by atoms with Gasteiger partial charge in [0.15, 0.2) is 0 Å². The van der Waals surface area contributed by atoms with Crippen molar-refractivity contribution < 1.29 is 4.79 Å². The smallest absolute Gasteiger partial charge is 0.319 e. The lowest BCUT2D eigenvalue weighted by atomic mass is 10.1. The third kappa shape index (κ3) is 4.75. The number of amides is 2. The summed E-state index contributed by atoms with van der Waals surface area (Å²) in [4.78, 5) is 11.6. The molecule has 0 aliphatic heterocycles. The molecule has 0 radical (unpaired) electrons. The molecule has 0 saturated carbocycles. The Morgan fingerprint density at radius 2 is 1.78 bits per heavy atom. The van der Waals surface area contributed by atoms with Crippen LogP contribution >= 0.6 is 0 Å². The summed E-state index contributed by atoms with van der Waals surface area (Å²) < 4.78 is 0. The Morgan fingerprint density at radius 1 is 1.17 bits per heavy atom. The van der Waals surface area contributed by atoms with Crippen LogP contribution in [0.15, 0.2) is 24.3 Å². The minimum atomic E-state index is -0.155. The van der Waals surface area contributed by atoms with Crippen molar-refractivity contribution in [3.63, 3.8) is 0 Å². The first-order valence-corrected chi connectivity index (χ1v) is 6.35. The number of carbonyl (C=O) groups is 1. The van der Waals surface area contributed by atoms with E-state index >= 15 is 0 Å². The van der Waals surface area contributed by atoms with Gasteiger partial charge in [-0.25, -0.2) is 4.79 Å². The monoisotopic (exact) mass is 249 g/mol. The third-order valence-corrected chi connectivity index (χ3v) is 2.77. The molecule has 0 aliphatic rings. The van der Waals surface area contributed by atoms with Crippen molar-refractivity contribution in [3.05, 3.63) is 29.8 Å². The van der Waals surface area contributed by atoms with Crippen molar-refractivity contribution in [2.75, 3.05) is 18.9 Å². The molecule has 1 rings (SSSR count). The van der Waals surface area contributed by atoms with Gasteiger partial charge in [0.25, 0.3) is 0 Å². The fourth-order valence-electron chi connectivity index (χ4n) is 1.49. The van der Waals surface area contributed by atoms with E-state index in [-0.39, 0.29) is 6.03 Å². The van der Waals surface area contributed by atoms with Crippen molar-refractivity contribution in [2.45, 2.75) is 26.8 Å². The lowest BCUT2D eigenvalue weighted by Crippen LogP contribution is -2.31. The van der Waals surface area contributed by atoms with Gasteiger partial charge in [-0.2, -0.15) is 0 Å². The zero-order valence-corrected chi connectivity index (χ0v) is 11.6. The Kier molecular flexibility index (Phi) is 5.65. The molecular formula is C14H23N3O. The molecule has 0 aromatic heterocycles. The average molecular weight is 249 g/mol. The fraction of sp³-hybridized carbons (Fsp3) is 0.500. The van der Waals surface area contributed by atoms with Crippen molar-refractivity contribution >= 4 is 11.7 Å². The van der Waals surface area contributed by atoms with Gasteiger partial charge in [0, 0.05) is 18.3 Å². The second kappa shape index (κ2) is 7.01. The average Bonchev–Trinajstić information content (AvgIpc) is 2.36. The Hall–Kier alpha value is -1.55. The van der Waals surface area contributed by atoms with E-state index in [1.54, 1.807) is 0 Å². The van der Waals surface area contributed by atoms with Gasteiger partial charge in [-0.3, -0.25) is 0 Å². The summed E-state index contributed by atoms with van der Waals surface area (Å²) in [7, 11) is 1.93. The van der Waals surface area contributed by atoms with Crippen LogP contribution in [0, 0.1) is 5.92 Å². The van der Waals surface area contributed by atoms with E-state index in [1.165, 1.54) is 5.56 Å². The molecule has 4 heteroatoms. The third-order valence-electron chi connectivity index (χ3n) is 2.77. The van der Waals surface area contributed by atoms with Crippen molar-refractivity contribution in [3.8, 4) is 0 Å². The summed E-state index contributed by atoms with van der Waals surface area (Å²) in [6.07, 6.45) is 0. The van der Waals surface area contributed by atoms with Gasteiger partial charge < -0.3 is 16.0 Å². The molecule has 4 nitrogen and oxygen atoms in total. The quantitative estimate of drug-likeness (QED) is 0.751. The van der Waals surface area contributed by atoms with Crippen LogP contribution in [0.3, 0.4) is 0 Å². The van der Waals surface area contributed by atoms with Crippen LogP contribution in [0.1, 0.15) is 32.4 Å².